The molecule has 4 heterocycles. The number of hydrogen-bond donors (Lipinski definition) is 0. The molecule has 3 aliphatic heterocycles. The fourth-order valence-corrected chi connectivity index (χ4v) is 4.71. The van der Waals surface area contributed by atoms with Crippen molar-refractivity contribution in [1.29, 1.82) is 0 Å². The van der Waals surface area contributed by atoms with Crippen molar-refractivity contribution in [3.8, 4) is 0 Å². The van der Waals surface area contributed by atoms with Crippen LogP contribution in [0.5, 0.6) is 0 Å². The second kappa shape index (κ2) is 7.35. The summed E-state index contributed by atoms with van der Waals surface area (Å²) in [5.74, 6) is 0.512. The number of rotatable bonds is 3. The lowest BCUT2D eigenvalue weighted by Gasteiger charge is -2.38. The Balaban J connectivity index is 1.46. The number of ether oxygens (including phenoxy) is 1. The van der Waals surface area contributed by atoms with Crippen molar-refractivity contribution < 1.29 is 14.3 Å². The maximum atomic E-state index is 12.8. The van der Waals surface area contributed by atoms with E-state index in [-0.39, 0.29) is 23.3 Å². The van der Waals surface area contributed by atoms with Gasteiger partial charge in [0.1, 0.15) is 0 Å². The molecule has 1 aromatic rings. The van der Waals surface area contributed by atoms with Gasteiger partial charge in [-0.25, -0.2) is 0 Å². The Labute approximate surface area is 154 Å². The molecule has 0 bridgehead atoms. The monoisotopic (exact) mass is 357 g/mol. The Kier molecular flexibility index (Phi) is 4.94. The molecule has 3 fully saturated rings. The zero-order valence-electron chi connectivity index (χ0n) is 15.2. The van der Waals surface area contributed by atoms with Gasteiger partial charge in [-0.3, -0.25) is 14.6 Å². The Bertz CT molecular complexity index is 660. The molecule has 0 unspecified atom stereocenters. The van der Waals surface area contributed by atoms with E-state index in [9.17, 15) is 9.59 Å². The van der Waals surface area contributed by atoms with Crippen molar-refractivity contribution in [2.75, 3.05) is 26.3 Å². The van der Waals surface area contributed by atoms with Crippen LogP contribution in [0.4, 0.5) is 0 Å². The molecule has 140 valence electrons. The quantitative estimate of drug-likeness (QED) is 0.830. The summed E-state index contributed by atoms with van der Waals surface area (Å²) in [6.45, 7) is 3.45. The van der Waals surface area contributed by atoms with Crippen LogP contribution in [-0.4, -0.2) is 58.4 Å². The lowest BCUT2D eigenvalue weighted by molar-refractivity contribution is -0.135. The molecule has 0 radical (unpaired) electrons. The van der Waals surface area contributed by atoms with Crippen LogP contribution < -0.4 is 0 Å². The van der Waals surface area contributed by atoms with Crippen LogP contribution >= 0.6 is 0 Å². The summed E-state index contributed by atoms with van der Waals surface area (Å²) in [5, 5.41) is 0. The van der Waals surface area contributed by atoms with Crippen molar-refractivity contribution in [1.82, 2.24) is 14.8 Å². The van der Waals surface area contributed by atoms with Gasteiger partial charge in [0.25, 0.3) is 0 Å². The summed E-state index contributed by atoms with van der Waals surface area (Å²) in [6, 6.07) is 3.96. The highest BCUT2D eigenvalue weighted by Crippen LogP contribution is 2.40. The van der Waals surface area contributed by atoms with E-state index in [2.05, 4.69) is 9.88 Å². The number of nitrogens with zero attached hydrogens (tertiary/aromatic N) is 3. The van der Waals surface area contributed by atoms with E-state index in [0.717, 1.165) is 50.8 Å². The predicted molar refractivity (Wildman–Crippen MR) is 96.1 cm³/mol. The van der Waals surface area contributed by atoms with Crippen LogP contribution in [0.15, 0.2) is 24.5 Å². The third-order valence-corrected chi connectivity index (χ3v) is 6.28. The van der Waals surface area contributed by atoms with Crippen molar-refractivity contribution in [2.45, 2.75) is 50.6 Å². The maximum absolute atomic E-state index is 12.8. The molecule has 2 atom stereocenters. The van der Waals surface area contributed by atoms with Crippen LogP contribution in [-0.2, 0) is 20.9 Å². The van der Waals surface area contributed by atoms with E-state index in [1.54, 1.807) is 12.4 Å². The first-order chi connectivity index (χ1) is 12.7. The van der Waals surface area contributed by atoms with Gasteiger partial charge in [0, 0.05) is 50.6 Å². The standard InChI is InChI=1S/C20H27N3O3/c24-18-2-7-20(23(18)14-16-3-9-21-10-4-16)6-1-11-22(12-8-20)19(25)17-5-13-26-15-17/h3-4,9-10,17H,1-2,5-8,11-15H2/t17-,20+/m1/s1. The van der Waals surface area contributed by atoms with Crippen molar-refractivity contribution in [2.24, 2.45) is 5.92 Å². The first-order valence-electron chi connectivity index (χ1n) is 9.74. The molecule has 3 aliphatic rings. The molecular formula is C20H27N3O3. The number of aromatic nitrogens is 1. The normalized spacial score (nSPS) is 29.4. The third-order valence-electron chi connectivity index (χ3n) is 6.28. The maximum Gasteiger partial charge on any atom is 0.228 e. The van der Waals surface area contributed by atoms with Gasteiger partial charge in [0.15, 0.2) is 0 Å². The molecule has 0 aliphatic carbocycles. The van der Waals surface area contributed by atoms with Crippen LogP contribution in [0, 0.1) is 5.92 Å². The Morgan fingerprint density at radius 1 is 1.23 bits per heavy atom. The van der Waals surface area contributed by atoms with Gasteiger partial charge in [-0.2, -0.15) is 0 Å². The minimum atomic E-state index is -0.0957. The number of pyridine rings is 1. The van der Waals surface area contributed by atoms with E-state index >= 15 is 0 Å². The summed E-state index contributed by atoms with van der Waals surface area (Å²) in [5.41, 5.74) is 1.02. The number of carbonyl (C=O) groups is 2. The Morgan fingerprint density at radius 2 is 2.08 bits per heavy atom. The van der Waals surface area contributed by atoms with Crippen molar-refractivity contribution in [3.05, 3.63) is 30.1 Å². The van der Waals surface area contributed by atoms with Gasteiger partial charge in [0.2, 0.25) is 11.8 Å². The zero-order chi connectivity index (χ0) is 18.0. The average Bonchev–Trinajstić information content (AvgIpc) is 3.23. The minimum absolute atomic E-state index is 0.0298. The molecule has 4 rings (SSSR count). The fourth-order valence-electron chi connectivity index (χ4n) is 4.71. The van der Waals surface area contributed by atoms with Gasteiger partial charge < -0.3 is 14.5 Å². The van der Waals surface area contributed by atoms with Crippen molar-refractivity contribution in [3.63, 3.8) is 0 Å². The van der Waals surface area contributed by atoms with E-state index in [4.69, 9.17) is 4.74 Å². The third kappa shape index (κ3) is 3.34. The van der Waals surface area contributed by atoms with E-state index < -0.39 is 0 Å². The summed E-state index contributed by atoms with van der Waals surface area (Å²) in [6.07, 6.45) is 8.74. The van der Waals surface area contributed by atoms with Crippen LogP contribution in [0.2, 0.25) is 0 Å². The lowest BCUT2D eigenvalue weighted by atomic mass is 9.87. The number of amides is 2. The predicted octanol–water partition coefficient (Wildman–Crippen LogP) is 1.99. The molecule has 1 aromatic heterocycles. The van der Waals surface area contributed by atoms with Crippen LogP contribution in [0.3, 0.4) is 0 Å². The molecule has 2 amide bonds. The Morgan fingerprint density at radius 3 is 2.85 bits per heavy atom. The summed E-state index contributed by atoms with van der Waals surface area (Å²) in [4.78, 5) is 33.5. The van der Waals surface area contributed by atoms with Crippen molar-refractivity contribution >= 4 is 11.8 Å². The molecule has 26 heavy (non-hydrogen) atoms. The first kappa shape index (κ1) is 17.5. The average molecular weight is 357 g/mol. The summed E-state index contributed by atoms with van der Waals surface area (Å²) < 4.78 is 5.39. The fraction of sp³-hybridized carbons (Fsp3) is 0.650. The molecule has 1 spiro atoms. The smallest absolute Gasteiger partial charge is 0.228 e. The second-order valence-corrected chi connectivity index (χ2v) is 7.80. The molecule has 0 aromatic carbocycles. The molecular weight excluding hydrogens is 330 g/mol. The van der Waals surface area contributed by atoms with Gasteiger partial charge in [-0.15, -0.1) is 0 Å². The van der Waals surface area contributed by atoms with Gasteiger partial charge >= 0.3 is 0 Å². The highest BCUT2D eigenvalue weighted by atomic mass is 16.5. The van der Waals surface area contributed by atoms with Crippen LogP contribution in [0.1, 0.15) is 44.1 Å². The van der Waals surface area contributed by atoms with Gasteiger partial charge in [-0.1, -0.05) is 0 Å². The summed E-state index contributed by atoms with van der Waals surface area (Å²) >= 11 is 0. The number of likely N-dealkylation sites (tertiary alicyclic amines) is 2. The van der Waals surface area contributed by atoms with Crippen LogP contribution in [0.25, 0.3) is 0 Å². The summed E-state index contributed by atoms with van der Waals surface area (Å²) in [7, 11) is 0. The second-order valence-electron chi connectivity index (χ2n) is 7.80. The van der Waals surface area contributed by atoms with E-state index in [1.807, 2.05) is 17.0 Å². The Hall–Kier alpha value is -1.95. The molecule has 6 nitrogen and oxygen atoms in total. The van der Waals surface area contributed by atoms with E-state index in [1.165, 1.54) is 0 Å². The first-order valence-corrected chi connectivity index (χ1v) is 9.74. The number of carbonyl (C=O) groups excluding carboxylic acids is 2. The SMILES string of the molecule is O=C([C@@H]1CCOC1)N1CCC[C@]2(CCC(=O)N2Cc2ccncc2)CC1. The highest BCUT2D eigenvalue weighted by Gasteiger charge is 2.46. The molecule has 3 saturated heterocycles. The molecule has 0 N–H and O–H groups in total. The van der Waals surface area contributed by atoms with E-state index in [0.29, 0.717) is 26.2 Å². The molecule has 6 heteroatoms. The highest BCUT2D eigenvalue weighted by molar-refractivity contribution is 5.80. The number of hydrogen-bond acceptors (Lipinski definition) is 4. The minimum Gasteiger partial charge on any atom is -0.381 e. The molecule has 0 saturated carbocycles. The largest absolute Gasteiger partial charge is 0.381 e. The topological polar surface area (TPSA) is 62.7 Å². The lowest BCUT2D eigenvalue weighted by Crippen LogP contribution is -2.46. The zero-order valence-corrected chi connectivity index (χ0v) is 15.2. The van der Waals surface area contributed by atoms with Gasteiger partial charge in [-0.05, 0) is 49.8 Å². The van der Waals surface area contributed by atoms with Gasteiger partial charge in [0.05, 0.1) is 12.5 Å².